The molecule has 1 aromatic rings. The van der Waals surface area contributed by atoms with Gasteiger partial charge in [0, 0.05) is 0 Å². The van der Waals surface area contributed by atoms with E-state index in [-0.39, 0.29) is 0 Å². The minimum atomic E-state index is -5.54. The van der Waals surface area contributed by atoms with Gasteiger partial charge in [-0.1, -0.05) is 6.07 Å². The van der Waals surface area contributed by atoms with Crippen molar-refractivity contribution in [2.45, 2.75) is 32.5 Å². The van der Waals surface area contributed by atoms with E-state index in [1.807, 2.05) is 0 Å². The lowest BCUT2D eigenvalue weighted by Gasteiger charge is -2.23. The molecule has 0 saturated heterocycles. The van der Waals surface area contributed by atoms with Crippen molar-refractivity contribution < 1.29 is 31.1 Å². The molecule has 0 spiro atoms. The predicted octanol–water partition coefficient (Wildman–Crippen LogP) is 5.17. The van der Waals surface area contributed by atoms with E-state index in [0.717, 1.165) is 12.1 Å². The molecule has 20 heavy (non-hydrogen) atoms. The molecule has 0 radical (unpaired) electrons. The second-order valence-electron chi connectivity index (χ2n) is 4.95. The standard InChI is InChI=1S/C13H12F6O/c1-12(2,3)20-8-6-4-5-7(14)9(8)10(15)11(16)13(17,18)19/h4-6H,1-3H3. The van der Waals surface area contributed by atoms with Crippen LogP contribution in [0.2, 0.25) is 0 Å². The van der Waals surface area contributed by atoms with Crippen LogP contribution in [0.5, 0.6) is 5.75 Å². The molecule has 0 atom stereocenters. The molecule has 1 nitrogen and oxygen atoms in total. The number of halogens is 6. The van der Waals surface area contributed by atoms with Crippen molar-refractivity contribution in [2.75, 3.05) is 0 Å². The van der Waals surface area contributed by atoms with Gasteiger partial charge >= 0.3 is 6.18 Å². The van der Waals surface area contributed by atoms with Gasteiger partial charge in [-0.2, -0.15) is 17.6 Å². The minimum Gasteiger partial charge on any atom is -0.487 e. The second kappa shape index (κ2) is 5.38. The van der Waals surface area contributed by atoms with E-state index in [0.29, 0.717) is 6.07 Å². The summed E-state index contributed by atoms with van der Waals surface area (Å²) < 4.78 is 81.7. The lowest BCUT2D eigenvalue weighted by Crippen LogP contribution is -2.24. The molecule has 0 aliphatic rings. The Morgan fingerprint density at radius 3 is 2.05 bits per heavy atom. The molecular weight excluding hydrogens is 286 g/mol. The SMILES string of the molecule is CC(C)(C)Oc1cccc(F)c1C(F)=C(F)C(F)(F)F. The third kappa shape index (κ3) is 3.91. The zero-order valence-corrected chi connectivity index (χ0v) is 10.9. The van der Waals surface area contributed by atoms with Crippen LogP contribution in [0, 0.1) is 5.82 Å². The molecule has 0 unspecified atom stereocenters. The quantitative estimate of drug-likeness (QED) is 0.684. The van der Waals surface area contributed by atoms with Crippen molar-refractivity contribution in [3.8, 4) is 5.75 Å². The van der Waals surface area contributed by atoms with Crippen LogP contribution in [0.25, 0.3) is 5.83 Å². The van der Waals surface area contributed by atoms with Gasteiger partial charge in [-0.25, -0.2) is 8.78 Å². The monoisotopic (exact) mass is 298 g/mol. The summed E-state index contributed by atoms with van der Waals surface area (Å²) in [6.07, 6.45) is -5.54. The molecule has 7 heteroatoms. The maximum absolute atomic E-state index is 13.6. The van der Waals surface area contributed by atoms with Crippen LogP contribution in [0.3, 0.4) is 0 Å². The molecule has 0 amide bonds. The van der Waals surface area contributed by atoms with E-state index in [9.17, 15) is 26.3 Å². The molecule has 0 saturated carbocycles. The van der Waals surface area contributed by atoms with Crippen molar-refractivity contribution in [1.29, 1.82) is 0 Å². The minimum absolute atomic E-state index is 0.505. The lowest BCUT2D eigenvalue weighted by atomic mass is 10.1. The summed E-state index contributed by atoms with van der Waals surface area (Å²) >= 11 is 0. The largest absolute Gasteiger partial charge is 0.487 e. The Labute approximate surface area is 111 Å². The van der Waals surface area contributed by atoms with Crippen LogP contribution < -0.4 is 4.74 Å². The van der Waals surface area contributed by atoms with Crippen LogP contribution in [-0.4, -0.2) is 11.8 Å². The normalized spacial score (nSPS) is 14.1. The number of ether oxygens (including phenoxy) is 1. The van der Waals surface area contributed by atoms with E-state index in [1.165, 1.54) is 20.8 Å². The summed E-state index contributed by atoms with van der Waals surface area (Å²) in [6, 6.07) is 2.90. The van der Waals surface area contributed by atoms with Crippen molar-refractivity contribution in [3.05, 3.63) is 35.4 Å². The molecule has 0 N–H and O–H groups in total. The first-order chi connectivity index (χ1) is 8.93. The summed E-state index contributed by atoms with van der Waals surface area (Å²) in [6.45, 7) is 4.59. The van der Waals surface area contributed by atoms with Gasteiger partial charge in [-0.3, -0.25) is 0 Å². The summed E-state index contributed by atoms with van der Waals surface area (Å²) in [5.74, 6) is -7.19. The first-order valence-electron chi connectivity index (χ1n) is 5.54. The van der Waals surface area contributed by atoms with Gasteiger partial charge in [-0.05, 0) is 32.9 Å². The smallest absolute Gasteiger partial charge is 0.445 e. The Balaban J connectivity index is 3.45. The Morgan fingerprint density at radius 2 is 1.60 bits per heavy atom. The average molecular weight is 298 g/mol. The van der Waals surface area contributed by atoms with E-state index >= 15 is 0 Å². The molecule has 0 aliphatic heterocycles. The maximum Gasteiger partial charge on any atom is 0.445 e. The Bertz CT molecular complexity index is 525. The molecule has 0 bridgehead atoms. The van der Waals surface area contributed by atoms with E-state index in [4.69, 9.17) is 4.74 Å². The zero-order valence-electron chi connectivity index (χ0n) is 10.9. The first kappa shape index (κ1) is 16.4. The van der Waals surface area contributed by atoms with Crippen molar-refractivity contribution in [1.82, 2.24) is 0 Å². The number of allylic oxidation sites excluding steroid dienone is 1. The Hall–Kier alpha value is -1.66. The summed E-state index contributed by atoms with van der Waals surface area (Å²) in [4.78, 5) is 0. The second-order valence-corrected chi connectivity index (χ2v) is 4.95. The third-order valence-electron chi connectivity index (χ3n) is 2.05. The number of hydrogen-bond donors (Lipinski definition) is 0. The van der Waals surface area contributed by atoms with E-state index in [1.54, 1.807) is 0 Å². The average Bonchev–Trinajstić information content (AvgIpc) is 2.24. The molecule has 0 heterocycles. The van der Waals surface area contributed by atoms with Crippen LogP contribution in [0.15, 0.2) is 24.0 Å². The van der Waals surface area contributed by atoms with Crippen LogP contribution in [0.4, 0.5) is 26.3 Å². The van der Waals surface area contributed by atoms with Crippen molar-refractivity contribution >= 4 is 5.83 Å². The summed E-state index contributed by atoms with van der Waals surface area (Å²) in [5.41, 5.74) is -2.10. The fourth-order valence-electron chi connectivity index (χ4n) is 1.37. The Kier molecular flexibility index (Phi) is 4.41. The first-order valence-corrected chi connectivity index (χ1v) is 5.54. The van der Waals surface area contributed by atoms with Gasteiger partial charge in [0.05, 0.1) is 5.56 Å². The van der Waals surface area contributed by atoms with E-state index < -0.39 is 40.6 Å². The fraction of sp³-hybridized carbons (Fsp3) is 0.385. The van der Waals surface area contributed by atoms with Crippen LogP contribution in [-0.2, 0) is 0 Å². The molecular formula is C13H12F6O. The zero-order chi connectivity index (χ0) is 15.7. The maximum atomic E-state index is 13.6. The van der Waals surface area contributed by atoms with Gasteiger partial charge < -0.3 is 4.74 Å². The molecule has 1 aromatic carbocycles. The van der Waals surface area contributed by atoms with Crippen LogP contribution in [0.1, 0.15) is 26.3 Å². The highest BCUT2D eigenvalue weighted by Crippen LogP contribution is 2.39. The highest BCUT2D eigenvalue weighted by molar-refractivity contribution is 5.68. The number of hydrogen-bond acceptors (Lipinski definition) is 1. The molecule has 0 aliphatic carbocycles. The van der Waals surface area contributed by atoms with Gasteiger partial charge in [0.1, 0.15) is 17.2 Å². The molecule has 1 rings (SSSR count). The third-order valence-corrected chi connectivity index (χ3v) is 2.05. The Morgan fingerprint density at radius 1 is 1.05 bits per heavy atom. The molecule has 112 valence electrons. The predicted molar refractivity (Wildman–Crippen MR) is 62.0 cm³/mol. The van der Waals surface area contributed by atoms with Crippen LogP contribution >= 0.6 is 0 Å². The van der Waals surface area contributed by atoms with Gasteiger partial charge in [0.15, 0.2) is 5.83 Å². The van der Waals surface area contributed by atoms with Crippen molar-refractivity contribution in [3.63, 3.8) is 0 Å². The van der Waals surface area contributed by atoms with Gasteiger partial charge in [0.25, 0.3) is 0 Å². The van der Waals surface area contributed by atoms with E-state index in [2.05, 4.69) is 0 Å². The fourth-order valence-corrected chi connectivity index (χ4v) is 1.37. The topological polar surface area (TPSA) is 9.23 Å². The molecule has 0 aromatic heterocycles. The van der Waals surface area contributed by atoms with Crippen molar-refractivity contribution in [2.24, 2.45) is 0 Å². The van der Waals surface area contributed by atoms with Gasteiger partial charge in [-0.15, -0.1) is 0 Å². The molecule has 0 fully saturated rings. The number of rotatable bonds is 2. The lowest BCUT2D eigenvalue weighted by molar-refractivity contribution is -0.108. The number of benzene rings is 1. The van der Waals surface area contributed by atoms with Gasteiger partial charge in [0.2, 0.25) is 5.83 Å². The highest BCUT2D eigenvalue weighted by atomic mass is 19.4. The number of alkyl halides is 3. The highest BCUT2D eigenvalue weighted by Gasteiger charge is 2.40. The summed E-state index contributed by atoms with van der Waals surface area (Å²) in [7, 11) is 0. The summed E-state index contributed by atoms with van der Waals surface area (Å²) in [5, 5.41) is 0.